The molecule has 1 atom stereocenters. The van der Waals surface area contributed by atoms with Crippen LogP contribution < -0.4 is 5.32 Å². The number of benzene rings is 3. The number of nitrogens with one attached hydrogen (secondary N) is 1. The molecular weight excluding hydrogens is 411 g/mol. The lowest BCUT2D eigenvalue weighted by molar-refractivity contribution is -0.120. The molecule has 1 aromatic heterocycles. The third-order valence-electron chi connectivity index (χ3n) is 4.83. The summed E-state index contributed by atoms with van der Waals surface area (Å²) in [7, 11) is 0. The van der Waals surface area contributed by atoms with E-state index in [1.165, 1.54) is 24.2 Å². The zero-order chi connectivity index (χ0) is 21.6. The average Bonchev–Trinajstić information content (AvgIpc) is 3.26. The van der Waals surface area contributed by atoms with Crippen LogP contribution in [0.1, 0.15) is 24.1 Å². The number of amides is 1. The predicted molar refractivity (Wildman–Crippen MR) is 120 cm³/mol. The topological polar surface area (TPSA) is 59.8 Å². The van der Waals surface area contributed by atoms with Crippen LogP contribution in [0.5, 0.6) is 0 Å². The Kier molecular flexibility index (Phi) is 6.43. The molecule has 0 aliphatic heterocycles. The summed E-state index contributed by atoms with van der Waals surface area (Å²) in [5.74, 6) is -0.528. The minimum atomic E-state index is -0.468. The highest BCUT2D eigenvalue weighted by molar-refractivity contribution is 8.00. The number of rotatable bonds is 7. The van der Waals surface area contributed by atoms with Crippen molar-refractivity contribution in [1.29, 1.82) is 0 Å². The molecule has 0 bridgehead atoms. The number of para-hydroxylation sites is 1. The standard InChI is InChI=1S/C24H21FN4OS/c1-17(31-24-28-26-16-29(24)21-15-9-8-14-20(21)25)23(30)27-22(18-10-4-2-5-11-18)19-12-6-3-7-13-19/h2-17,22H,1H3,(H,27,30). The normalized spacial score (nSPS) is 12.0. The number of nitrogens with zero attached hydrogens (tertiary/aromatic N) is 3. The zero-order valence-corrected chi connectivity index (χ0v) is 17.7. The fourth-order valence-electron chi connectivity index (χ4n) is 3.24. The summed E-state index contributed by atoms with van der Waals surface area (Å²) in [6, 6.07) is 25.8. The monoisotopic (exact) mass is 432 g/mol. The van der Waals surface area contributed by atoms with E-state index in [4.69, 9.17) is 0 Å². The summed E-state index contributed by atoms with van der Waals surface area (Å²) in [5.41, 5.74) is 2.33. The van der Waals surface area contributed by atoms with E-state index >= 15 is 0 Å². The summed E-state index contributed by atoms with van der Waals surface area (Å²) in [4.78, 5) is 13.1. The Hall–Kier alpha value is -3.45. The lowest BCUT2D eigenvalue weighted by atomic mass is 9.98. The number of hydrogen-bond donors (Lipinski definition) is 1. The molecule has 1 amide bonds. The molecule has 1 unspecified atom stereocenters. The van der Waals surface area contributed by atoms with Gasteiger partial charge in [-0.1, -0.05) is 84.6 Å². The first-order valence-corrected chi connectivity index (χ1v) is 10.7. The Bertz CT molecular complexity index is 1110. The zero-order valence-electron chi connectivity index (χ0n) is 16.9. The van der Waals surface area contributed by atoms with Crippen molar-refractivity contribution in [2.24, 2.45) is 0 Å². The van der Waals surface area contributed by atoms with E-state index in [1.54, 1.807) is 29.7 Å². The quantitative estimate of drug-likeness (QED) is 0.427. The van der Waals surface area contributed by atoms with Gasteiger partial charge in [-0.05, 0) is 30.2 Å². The maximum absolute atomic E-state index is 14.2. The van der Waals surface area contributed by atoms with Gasteiger partial charge in [-0.2, -0.15) is 0 Å². The van der Waals surface area contributed by atoms with Gasteiger partial charge in [-0.15, -0.1) is 10.2 Å². The van der Waals surface area contributed by atoms with Crippen LogP contribution in [0, 0.1) is 5.82 Å². The third-order valence-corrected chi connectivity index (χ3v) is 5.89. The molecule has 1 N–H and O–H groups in total. The highest BCUT2D eigenvalue weighted by Gasteiger charge is 2.23. The molecule has 0 saturated heterocycles. The first-order valence-electron chi connectivity index (χ1n) is 9.85. The highest BCUT2D eigenvalue weighted by atomic mass is 32.2. The smallest absolute Gasteiger partial charge is 0.234 e. The molecule has 4 aromatic rings. The van der Waals surface area contributed by atoms with Crippen LogP contribution in [-0.4, -0.2) is 25.9 Å². The van der Waals surface area contributed by atoms with Crippen LogP contribution in [0.15, 0.2) is 96.4 Å². The van der Waals surface area contributed by atoms with Gasteiger partial charge in [0.25, 0.3) is 0 Å². The molecule has 4 rings (SSSR count). The van der Waals surface area contributed by atoms with Gasteiger partial charge in [0.2, 0.25) is 5.91 Å². The molecule has 0 aliphatic rings. The Balaban J connectivity index is 1.53. The Morgan fingerprint density at radius 1 is 0.935 bits per heavy atom. The molecule has 0 fully saturated rings. The molecule has 156 valence electrons. The minimum Gasteiger partial charge on any atom is -0.344 e. The van der Waals surface area contributed by atoms with Crippen LogP contribution >= 0.6 is 11.8 Å². The van der Waals surface area contributed by atoms with Crippen molar-refractivity contribution >= 4 is 17.7 Å². The fraction of sp³-hybridized carbons (Fsp3) is 0.125. The van der Waals surface area contributed by atoms with E-state index in [9.17, 15) is 9.18 Å². The number of carbonyl (C=O) groups is 1. The van der Waals surface area contributed by atoms with Crippen LogP contribution in [0.3, 0.4) is 0 Å². The van der Waals surface area contributed by atoms with Crippen molar-refractivity contribution in [3.63, 3.8) is 0 Å². The van der Waals surface area contributed by atoms with Crippen molar-refractivity contribution in [1.82, 2.24) is 20.1 Å². The Labute approximate surface area is 184 Å². The summed E-state index contributed by atoms with van der Waals surface area (Å²) in [5, 5.41) is 11.1. The van der Waals surface area contributed by atoms with E-state index in [0.717, 1.165) is 11.1 Å². The van der Waals surface area contributed by atoms with E-state index < -0.39 is 5.25 Å². The molecule has 0 aliphatic carbocycles. The second-order valence-electron chi connectivity index (χ2n) is 6.96. The SMILES string of the molecule is CC(Sc1nncn1-c1ccccc1F)C(=O)NC(c1ccccc1)c1ccccc1. The predicted octanol–water partition coefficient (Wildman–Crippen LogP) is 4.79. The summed E-state index contributed by atoms with van der Waals surface area (Å²) in [6.45, 7) is 1.80. The van der Waals surface area contributed by atoms with Gasteiger partial charge in [-0.3, -0.25) is 9.36 Å². The van der Waals surface area contributed by atoms with Gasteiger partial charge in [0.1, 0.15) is 12.1 Å². The Morgan fingerprint density at radius 3 is 2.13 bits per heavy atom. The number of halogens is 1. The van der Waals surface area contributed by atoms with Crippen molar-refractivity contribution < 1.29 is 9.18 Å². The molecule has 3 aromatic carbocycles. The van der Waals surface area contributed by atoms with Crippen LogP contribution in [-0.2, 0) is 4.79 Å². The van der Waals surface area contributed by atoms with Crippen molar-refractivity contribution in [2.45, 2.75) is 23.4 Å². The fourth-order valence-corrected chi connectivity index (χ4v) is 4.08. The summed E-state index contributed by atoms with van der Waals surface area (Å²) in [6.07, 6.45) is 1.45. The van der Waals surface area contributed by atoms with Gasteiger partial charge in [0.05, 0.1) is 17.0 Å². The van der Waals surface area contributed by atoms with Crippen molar-refractivity contribution in [3.8, 4) is 5.69 Å². The largest absolute Gasteiger partial charge is 0.344 e. The van der Waals surface area contributed by atoms with Crippen molar-refractivity contribution in [3.05, 3.63) is 108 Å². The molecule has 0 saturated carbocycles. The minimum absolute atomic E-state index is 0.147. The molecular formula is C24H21FN4OS. The van der Waals surface area contributed by atoms with E-state index in [2.05, 4.69) is 15.5 Å². The summed E-state index contributed by atoms with van der Waals surface area (Å²) < 4.78 is 15.8. The number of hydrogen-bond acceptors (Lipinski definition) is 4. The molecule has 5 nitrogen and oxygen atoms in total. The first-order chi connectivity index (χ1) is 15.1. The first kappa shape index (κ1) is 20.8. The van der Waals surface area contributed by atoms with Crippen LogP contribution in [0.2, 0.25) is 0 Å². The lowest BCUT2D eigenvalue weighted by Crippen LogP contribution is -2.35. The van der Waals surface area contributed by atoms with E-state index in [1.807, 2.05) is 60.7 Å². The van der Waals surface area contributed by atoms with E-state index in [0.29, 0.717) is 10.8 Å². The average molecular weight is 433 g/mol. The lowest BCUT2D eigenvalue weighted by Gasteiger charge is -2.22. The van der Waals surface area contributed by atoms with Gasteiger partial charge in [0, 0.05) is 0 Å². The van der Waals surface area contributed by atoms with Crippen molar-refractivity contribution in [2.75, 3.05) is 0 Å². The van der Waals surface area contributed by atoms with Crippen LogP contribution in [0.4, 0.5) is 4.39 Å². The molecule has 1 heterocycles. The molecule has 0 radical (unpaired) electrons. The molecule has 0 spiro atoms. The van der Waals surface area contributed by atoms with Gasteiger partial charge in [0.15, 0.2) is 5.16 Å². The maximum Gasteiger partial charge on any atom is 0.234 e. The third kappa shape index (κ3) is 4.83. The van der Waals surface area contributed by atoms with Gasteiger partial charge < -0.3 is 5.32 Å². The Morgan fingerprint density at radius 2 is 1.52 bits per heavy atom. The molecule has 7 heteroatoms. The van der Waals surface area contributed by atoms with Gasteiger partial charge in [-0.25, -0.2) is 4.39 Å². The second-order valence-corrected chi connectivity index (χ2v) is 8.27. The number of carbonyl (C=O) groups excluding carboxylic acids is 1. The van der Waals surface area contributed by atoms with E-state index in [-0.39, 0.29) is 17.8 Å². The highest BCUT2D eigenvalue weighted by Crippen LogP contribution is 2.27. The number of thioether (sulfide) groups is 1. The second kappa shape index (κ2) is 9.57. The van der Waals surface area contributed by atoms with Gasteiger partial charge >= 0.3 is 0 Å². The van der Waals surface area contributed by atoms with Crippen LogP contribution in [0.25, 0.3) is 5.69 Å². The number of aromatic nitrogens is 3. The molecule has 31 heavy (non-hydrogen) atoms. The maximum atomic E-state index is 14.2. The summed E-state index contributed by atoms with van der Waals surface area (Å²) >= 11 is 1.23.